The molecular weight excluding hydrogens is 424 g/mol. The number of nitrogens with one attached hydrogen (secondary N) is 1. The fraction of sp³-hybridized carbons (Fsp3) is 0.250. The molecule has 0 unspecified atom stereocenters. The number of anilines is 1. The van der Waals surface area contributed by atoms with Crippen LogP contribution in [0, 0.1) is 25.2 Å². The molecule has 0 atom stereocenters. The van der Waals surface area contributed by atoms with Gasteiger partial charge >= 0.3 is 0 Å². The molecule has 3 aromatic rings. The topological polar surface area (TPSA) is 76.4 Å². The quantitative estimate of drug-likeness (QED) is 0.628. The molecule has 1 saturated heterocycles. The number of benzene rings is 3. The van der Waals surface area contributed by atoms with Crippen LogP contribution < -0.4 is 5.32 Å². The lowest BCUT2D eigenvalue weighted by Crippen LogP contribution is -2.50. The highest BCUT2D eigenvalue weighted by Gasteiger charge is 2.25. The third-order valence-electron chi connectivity index (χ3n) is 6.40. The zero-order valence-electron chi connectivity index (χ0n) is 19.5. The van der Waals surface area contributed by atoms with Crippen molar-refractivity contribution in [2.24, 2.45) is 0 Å². The molecular formula is C28H28N4O2. The molecule has 4 rings (SSSR count). The van der Waals surface area contributed by atoms with E-state index in [1.54, 1.807) is 6.07 Å². The third-order valence-corrected chi connectivity index (χ3v) is 6.40. The van der Waals surface area contributed by atoms with Crippen LogP contribution >= 0.6 is 0 Å². The summed E-state index contributed by atoms with van der Waals surface area (Å²) in [5.74, 6) is -0.102. The van der Waals surface area contributed by atoms with Crippen LogP contribution in [-0.2, 0) is 4.79 Å². The zero-order chi connectivity index (χ0) is 24.1. The summed E-state index contributed by atoms with van der Waals surface area (Å²) in [5, 5.41) is 12.5. The Labute approximate surface area is 200 Å². The van der Waals surface area contributed by atoms with E-state index in [0.717, 1.165) is 27.9 Å². The van der Waals surface area contributed by atoms with E-state index in [0.29, 0.717) is 43.9 Å². The van der Waals surface area contributed by atoms with Crippen molar-refractivity contribution in [3.05, 3.63) is 89.0 Å². The molecule has 34 heavy (non-hydrogen) atoms. The lowest BCUT2D eigenvalue weighted by atomic mass is 9.95. The lowest BCUT2D eigenvalue weighted by Gasteiger charge is -2.34. The average Bonchev–Trinajstić information content (AvgIpc) is 2.87. The Morgan fingerprint density at radius 1 is 0.882 bits per heavy atom. The molecule has 0 saturated carbocycles. The highest BCUT2D eigenvalue weighted by molar-refractivity contribution is 6.01. The van der Waals surface area contributed by atoms with Gasteiger partial charge in [-0.05, 0) is 48.7 Å². The van der Waals surface area contributed by atoms with Gasteiger partial charge in [0.25, 0.3) is 5.91 Å². The molecule has 172 valence electrons. The van der Waals surface area contributed by atoms with Crippen molar-refractivity contribution in [3.8, 4) is 17.2 Å². The first-order chi connectivity index (χ1) is 16.5. The van der Waals surface area contributed by atoms with E-state index in [1.165, 1.54) is 0 Å². The maximum Gasteiger partial charge on any atom is 0.254 e. The van der Waals surface area contributed by atoms with Crippen LogP contribution in [-0.4, -0.2) is 54.3 Å². The summed E-state index contributed by atoms with van der Waals surface area (Å²) >= 11 is 0. The van der Waals surface area contributed by atoms with Gasteiger partial charge in [-0.25, -0.2) is 0 Å². The Kier molecular flexibility index (Phi) is 7.05. The van der Waals surface area contributed by atoms with Crippen molar-refractivity contribution in [1.29, 1.82) is 5.26 Å². The smallest absolute Gasteiger partial charge is 0.254 e. The molecule has 1 heterocycles. The Hall–Kier alpha value is -3.95. The Bertz CT molecular complexity index is 1250. The average molecular weight is 453 g/mol. The second-order valence-corrected chi connectivity index (χ2v) is 8.57. The summed E-state index contributed by atoms with van der Waals surface area (Å²) in [5.41, 5.74) is 5.71. The number of aryl methyl sites for hydroxylation is 1. The van der Waals surface area contributed by atoms with Gasteiger partial charge in [0.1, 0.15) is 0 Å². The summed E-state index contributed by atoms with van der Waals surface area (Å²) < 4.78 is 0. The Morgan fingerprint density at radius 3 is 2.29 bits per heavy atom. The van der Waals surface area contributed by atoms with Gasteiger partial charge in [-0.1, -0.05) is 48.5 Å². The zero-order valence-corrected chi connectivity index (χ0v) is 19.5. The number of nitriles is 1. The SMILES string of the molecule is Cc1cccc(NC(=O)CN2CCN(C(=O)c3ccccc3-c3ccccc3C#N)CC2)c1C. The van der Waals surface area contributed by atoms with Gasteiger partial charge in [-0.15, -0.1) is 0 Å². The maximum absolute atomic E-state index is 13.4. The van der Waals surface area contributed by atoms with Crippen LogP contribution in [0.5, 0.6) is 0 Å². The molecule has 1 N–H and O–H groups in total. The van der Waals surface area contributed by atoms with Crippen LogP contribution in [0.1, 0.15) is 27.0 Å². The van der Waals surface area contributed by atoms with Gasteiger partial charge in [0.15, 0.2) is 0 Å². The molecule has 0 radical (unpaired) electrons. The van der Waals surface area contributed by atoms with Gasteiger partial charge in [0.05, 0.1) is 18.2 Å². The largest absolute Gasteiger partial charge is 0.336 e. The molecule has 0 bridgehead atoms. The van der Waals surface area contributed by atoms with Crippen molar-refractivity contribution in [1.82, 2.24) is 9.80 Å². The van der Waals surface area contributed by atoms with Crippen LogP contribution in [0.4, 0.5) is 5.69 Å². The third kappa shape index (κ3) is 5.00. The predicted molar refractivity (Wildman–Crippen MR) is 133 cm³/mol. The fourth-order valence-corrected chi connectivity index (χ4v) is 4.28. The first kappa shape index (κ1) is 23.2. The number of carbonyl (C=O) groups is 2. The fourth-order valence-electron chi connectivity index (χ4n) is 4.28. The van der Waals surface area contributed by atoms with Gasteiger partial charge in [0, 0.05) is 43.0 Å². The number of rotatable bonds is 5. The minimum atomic E-state index is -0.0529. The summed E-state index contributed by atoms with van der Waals surface area (Å²) in [6.45, 7) is 6.67. The van der Waals surface area contributed by atoms with Gasteiger partial charge in [-0.3, -0.25) is 14.5 Å². The number of hydrogen-bond donors (Lipinski definition) is 1. The molecule has 1 fully saturated rings. The number of carbonyl (C=O) groups excluding carboxylic acids is 2. The molecule has 0 spiro atoms. The van der Waals surface area contributed by atoms with Crippen LogP contribution in [0.2, 0.25) is 0 Å². The highest BCUT2D eigenvalue weighted by Crippen LogP contribution is 2.28. The second-order valence-electron chi connectivity index (χ2n) is 8.57. The monoisotopic (exact) mass is 452 g/mol. The van der Waals surface area contributed by atoms with E-state index in [1.807, 2.05) is 79.4 Å². The van der Waals surface area contributed by atoms with Crippen molar-refractivity contribution in [3.63, 3.8) is 0 Å². The summed E-state index contributed by atoms with van der Waals surface area (Å²) in [6, 6.07) is 22.9. The predicted octanol–water partition coefficient (Wildman–Crippen LogP) is 4.24. The number of piperazine rings is 1. The van der Waals surface area contributed by atoms with Crippen molar-refractivity contribution in [2.45, 2.75) is 13.8 Å². The van der Waals surface area contributed by atoms with Gasteiger partial charge < -0.3 is 10.2 Å². The van der Waals surface area contributed by atoms with Gasteiger partial charge in [-0.2, -0.15) is 5.26 Å². The van der Waals surface area contributed by atoms with E-state index in [9.17, 15) is 14.9 Å². The summed E-state index contributed by atoms with van der Waals surface area (Å²) in [6.07, 6.45) is 0. The van der Waals surface area contributed by atoms with Crippen molar-refractivity contribution < 1.29 is 9.59 Å². The maximum atomic E-state index is 13.4. The molecule has 0 aliphatic carbocycles. The van der Waals surface area contributed by atoms with E-state index >= 15 is 0 Å². The van der Waals surface area contributed by atoms with E-state index in [2.05, 4.69) is 16.3 Å². The van der Waals surface area contributed by atoms with E-state index < -0.39 is 0 Å². The summed E-state index contributed by atoms with van der Waals surface area (Å²) in [4.78, 5) is 29.9. The second kappa shape index (κ2) is 10.3. The molecule has 6 nitrogen and oxygen atoms in total. The van der Waals surface area contributed by atoms with Gasteiger partial charge in [0.2, 0.25) is 5.91 Å². The number of nitrogens with zero attached hydrogens (tertiary/aromatic N) is 3. The number of hydrogen-bond acceptors (Lipinski definition) is 4. The molecule has 2 amide bonds. The molecule has 3 aromatic carbocycles. The normalized spacial score (nSPS) is 13.9. The minimum absolute atomic E-state index is 0.0491. The minimum Gasteiger partial charge on any atom is -0.336 e. The lowest BCUT2D eigenvalue weighted by molar-refractivity contribution is -0.117. The van der Waals surface area contributed by atoms with Crippen LogP contribution in [0.3, 0.4) is 0 Å². The standard InChI is InChI=1S/C28H28N4O2/c1-20-8-7-13-26(21(20)2)30-27(33)19-31-14-16-32(17-15-31)28(34)25-12-6-5-11-24(25)23-10-4-3-9-22(23)18-29/h3-13H,14-17,19H2,1-2H3,(H,30,33). The highest BCUT2D eigenvalue weighted by atomic mass is 16.2. The summed E-state index contributed by atoms with van der Waals surface area (Å²) in [7, 11) is 0. The van der Waals surface area contributed by atoms with Crippen molar-refractivity contribution in [2.75, 3.05) is 38.0 Å². The molecule has 0 aromatic heterocycles. The number of amides is 2. The molecule has 1 aliphatic rings. The molecule has 6 heteroatoms. The van der Waals surface area contributed by atoms with Crippen molar-refractivity contribution >= 4 is 17.5 Å². The Balaban J connectivity index is 1.40. The van der Waals surface area contributed by atoms with E-state index in [4.69, 9.17) is 0 Å². The Morgan fingerprint density at radius 2 is 1.56 bits per heavy atom. The first-order valence-electron chi connectivity index (χ1n) is 11.4. The first-order valence-corrected chi connectivity index (χ1v) is 11.4. The molecule has 1 aliphatic heterocycles. The van der Waals surface area contributed by atoms with Crippen LogP contribution in [0.15, 0.2) is 66.7 Å². The van der Waals surface area contributed by atoms with E-state index in [-0.39, 0.29) is 11.8 Å². The van der Waals surface area contributed by atoms with Crippen LogP contribution in [0.25, 0.3) is 11.1 Å².